The maximum absolute atomic E-state index is 12.6. The van der Waals surface area contributed by atoms with E-state index in [4.69, 9.17) is 9.84 Å². The van der Waals surface area contributed by atoms with Crippen LogP contribution in [-0.4, -0.2) is 41.9 Å². The molecule has 0 bridgehead atoms. The molecular weight excluding hydrogens is 234 g/mol. The van der Waals surface area contributed by atoms with Crippen LogP contribution in [0.1, 0.15) is 26.2 Å². The van der Waals surface area contributed by atoms with Gasteiger partial charge in [-0.15, -0.1) is 0 Å². The van der Waals surface area contributed by atoms with Gasteiger partial charge in [-0.25, -0.2) is 8.78 Å². The van der Waals surface area contributed by atoms with Gasteiger partial charge in [-0.2, -0.15) is 11.8 Å². The fourth-order valence-electron chi connectivity index (χ4n) is 1.63. The predicted octanol–water partition coefficient (Wildman–Crippen LogP) is 2.55. The molecule has 1 saturated heterocycles. The fourth-order valence-corrected chi connectivity index (χ4v) is 2.83. The van der Waals surface area contributed by atoms with E-state index in [1.807, 2.05) is 11.8 Å². The fraction of sp³-hybridized carbons (Fsp3) is 1.00. The third-order valence-electron chi connectivity index (χ3n) is 2.87. The first-order valence-electron chi connectivity index (χ1n) is 5.71. The van der Waals surface area contributed by atoms with Crippen molar-refractivity contribution in [3.63, 3.8) is 0 Å². The first-order chi connectivity index (χ1) is 7.50. The Kier molecular flexibility index (Phi) is 6.00. The topological polar surface area (TPSA) is 29.5 Å². The number of thioether (sulfide) groups is 1. The second kappa shape index (κ2) is 6.77. The highest BCUT2D eigenvalue weighted by Gasteiger charge is 2.32. The molecular formula is C11H20F2O2S. The van der Waals surface area contributed by atoms with Crippen LogP contribution in [0, 0.1) is 5.92 Å². The summed E-state index contributed by atoms with van der Waals surface area (Å²) in [6.07, 6.45) is 1.62. The van der Waals surface area contributed by atoms with Crippen LogP contribution in [0.15, 0.2) is 0 Å². The molecule has 1 fully saturated rings. The van der Waals surface area contributed by atoms with Crippen molar-refractivity contribution in [2.75, 3.05) is 24.7 Å². The summed E-state index contributed by atoms with van der Waals surface area (Å²) in [7, 11) is 0. The van der Waals surface area contributed by atoms with Gasteiger partial charge in [-0.3, -0.25) is 0 Å². The zero-order valence-corrected chi connectivity index (χ0v) is 10.4. The first-order valence-corrected chi connectivity index (χ1v) is 6.87. The first kappa shape index (κ1) is 14.2. The predicted molar refractivity (Wildman–Crippen MR) is 62.1 cm³/mol. The molecule has 1 aliphatic rings. The van der Waals surface area contributed by atoms with Crippen molar-refractivity contribution in [3.8, 4) is 0 Å². The number of rotatable bonds is 6. The van der Waals surface area contributed by atoms with Gasteiger partial charge in [-0.1, -0.05) is 0 Å². The van der Waals surface area contributed by atoms with Gasteiger partial charge in [0.25, 0.3) is 5.92 Å². The molecule has 1 N–H and O–H groups in total. The van der Waals surface area contributed by atoms with Crippen LogP contribution in [0.5, 0.6) is 0 Å². The van der Waals surface area contributed by atoms with Gasteiger partial charge >= 0.3 is 0 Å². The number of hydrogen-bond donors (Lipinski definition) is 1. The van der Waals surface area contributed by atoms with E-state index in [0.29, 0.717) is 19.4 Å². The SMILES string of the molecule is CC(F)(F)C(O)COCCC1CCSCC1. The zero-order valence-electron chi connectivity index (χ0n) is 9.62. The van der Waals surface area contributed by atoms with Crippen molar-refractivity contribution in [1.29, 1.82) is 0 Å². The van der Waals surface area contributed by atoms with Gasteiger partial charge < -0.3 is 9.84 Å². The van der Waals surface area contributed by atoms with Crippen molar-refractivity contribution < 1.29 is 18.6 Å². The molecule has 1 aliphatic heterocycles. The summed E-state index contributed by atoms with van der Waals surface area (Å²) in [4.78, 5) is 0. The molecule has 0 saturated carbocycles. The third kappa shape index (κ3) is 5.46. The van der Waals surface area contributed by atoms with Gasteiger partial charge in [0.05, 0.1) is 6.61 Å². The summed E-state index contributed by atoms with van der Waals surface area (Å²) >= 11 is 1.97. The molecule has 0 aromatic rings. The Labute approximate surface area is 99.7 Å². The maximum atomic E-state index is 12.6. The van der Waals surface area contributed by atoms with Crippen LogP contribution in [-0.2, 0) is 4.74 Å². The number of hydrogen-bond acceptors (Lipinski definition) is 3. The molecule has 0 aliphatic carbocycles. The number of aliphatic hydroxyl groups is 1. The van der Waals surface area contributed by atoms with E-state index >= 15 is 0 Å². The highest BCUT2D eigenvalue weighted by Crippen LogP contribution is 2.25. The van der Waals surface area contributed by atoms with E-state index in [1.54, 1.807) is 0 Å². The zero-order chi connectivity index (χ0) is 12.0. The lowest BCUT2D eigenvalue weighted by molar-refractivity contribution is -0.122. The molecule has 0 amide bonds. The van der Waals surface area contributed by atoms with Crippen LogP contribution in [0.3, 0.4) is 0 Å². The minimum absolute atomic E-state index is 0.273. The second-order valence-electron chi connectivity index (χ2n) is 4.39. The maximum Gasteiger partial charge on any atom is 0.272 e. The summed E-state index contributed by atoms with van der Waals surface area (Å²) in [5.74, 6) is -0.0113. The average molecular weight is 254 g/mol. The molecule has 2 nitrogen and oxygen atoms in total. The quantitative estimate of drug-likeness (QED) is 0.739. The number of alkyl halides is 2. The Morgan fingerprint density at radius 3 is 2.62 bits per heavy atom. The minimum atomic E-state index is -3.07. The molecule has 16 heavy (non-hydrogen) atoms. The molecule has 0 spiro atoms. The normalized spacial score (nSPS) is 21.0. The van der Waals surface area contributed by atoms with Crippen LogP contribution in [0.4, 0.5) is 8.78 Å². The van der Waals surface area contributed by atoms with E-state index < -0.39 is 12.0 Å². The Morgan fingerprint density at radius 2 is 2.06 bits per heavy atom. The minimum Gasteiger partial charge on any atom is -0.384 e. The Morgan fingerprint density at radius 1 is 1.44 bits per heavy atom. The third-order valence-corrected chi connectivity index (χ3v) is 3.92. The number of ether oxygens (including phenoxy) is 1. The van der Waals surface area contributed by atoms with Crippen molar-refractivity contribution in [3.05, 3.63) is 0 Å². The van der Waals surface area contributed by atoms with Gasteiger partial charge in [-0.05, 0) is 36.7 Å². The van der Waals surface area contributed by atoms with Crippen molar-refractivity contribution in [2.45, 2.75) is 38.2 Å². The van der Waals surface area contributed by atoms with E-state index in [0.717, 1.165) is 6.42 Å². The molecule has 0 aromatic carbocycles. The number of halogens is 2. The van der Waals surface area contributed by atoms with Crippen LogP contribution < -0.4 is 0 Å². The lowest BCUT2D eigenvalue weighted by Crippen LogP contribution is -2.34. The molecule has 1 atom stereocenters. The monoisotopic (exact) mass is 254 g/mol. The Balaban J connectivity index is 2.02. The smallest absolute Gasteiger partial charge is 0.272 e. The van der Waals surface area contributed by atoms with Crippen molar-refractivity contribution >= 4 is 11.8 Å². The molecule has 1 heterocycles. The second-order valence-corrected chi connectivity index (χ2v) is 5.62. The summed E-state index contributed by atoms with van der Waals surface area (Å²) in [6, 6.07) is 0. The van der Waals surface area contributed by atoms with E-state index in [2.05, 4.69) is 0 Å². The Hall–Kier alpha value is 0.130. The van der Waals surface area contributed by atoms with Gasteiger partial charge in [0.1, 0.15) is 6.10 Å². The summed E-state index contributed by atoms with van der Waals surface area (Å²) in [6.45, 7) is 0.910. The van der Waals surface area contributed by atoms with Crippen LogP contribution >= 0.6 is 11.8 Å². The summed E-state index contributed by atoms with van der Waals surface area (Å²) in [5, 5.41) is 9.04. The molecule has 1 unspecified atom stereocenters. The van der Waals surface area contributed by atoms with Gasteiger partial charge in [0.2, 0.25) is 0 Å². The van der Waals surface area contributed by atoms with E-state index in [9.17, 15) is 8.78 Å². The standard InChI is InChI=1S/C11H20F2O2S/c1-11(12,13)10(14)8-15-5-2-9-3-6-16-7-4-9/h9-10,14H,2-8H2,1H3. The lowest BCUT2D eigenvalue weighted by atomic mass is 10.00. The van der Waals surface area contributed by atoms with Gasteiger partial charge in [0, 0.05) is 13.5 Å². The highest BCUT2D eigenvalue weighted by atomic mass is 32.2. The highest BCUT2D eigenvalue weighted by molar-refractivity contribution is 7.99. The average Bonchev–Trinajstić information content (AvgIpc) is 2.24. The summed E-state index contributed by atoms with van der Waals surface area (Å²) in [5.41, 5.74) is 0. The van der Waals surface area contributed by atoms with E-state index in [-0.39, 0.29) is 6.61 Å². The molecule has 0 radical (unpaired) electrons. The van der Waals surface area contributed by atoms with Gasteiger partial charge in [0.15, 0.2) is 0 Å². The molecule has 5 heteroatoms. The van der Waals surface area contributed by atoms with Crippen LogP contribution in [0.25, 0.3) is 0 Å². The largest absolute Gasteiger partial charge is 0.384 e. The van der Waals surface area contributed by atoms with E-state index in [1.165, 1.54) is 24.3 Å². The number of aliphatic hydroxyl groups excluding tert-OH is 1. The molecule has 96 valence electrons. The molecule has 0 aromatic heterocycles. The lowest BCUT2D eigenvalue weighted by Gasteiger charge is -2.22. The molecule has 1 rings (SSSR count). The van der Waals surface area contributed by atoms with Crippen molar-refractivity contribution in [1.82, 2.24) is 0 Å². The van der Waals surface area contributed by atoms with Crippen LogP contribution in [0.2, 0.25) is 0 Å². The Bertz CT molecular complexity index is 191. The van der Waals surface area contributed by atoms with Crippen molar-refractivity contribution in [2.24, 2.45) is 5.92 Å². The summed E-state index contributed by atoms with van der Waals surface area (Å²) < 4.78 is 30.2.